The maximum Gasteiger partial charge on any atom is 0.244 e. The molecule has 0 aliphatic carbocycles. The number of hydrogen-bond acceptors (Lipinski definition) is 6. The minimum absolute atomic E-state index is 0.109. The van der Waals surface area contributed by atoms with Gasteiger partial charge in [-0.25, -0.2) is 8.42 Å². The number of nitrogens with zero attached hydrogens (tertiary/aromatic N) is 2. The lowest BCUT2D eigenvalue weighted by atomic mass is 10.1. The Bertz CT molecular complexity index is 1180. The molecule has 2 aliphatic rings. The van der Waals surface area contributed by atoms with Gasteiger partial charge in [-0.15, -0.1) is 11.8 Å². The van der Waals surface area contributed by atoms with E-state index in [9.17, 15) is 18.0 Å². The minimum Gasteiger partial charge on any atom is -0.379 e. The fourth-order valence-corrected chi connectivity index (χ4v) is 6.53. The van der Waals surface area contributed by atoms with Crippen molar-refractivity contribution in [2.24, 2.45) is 5.92 Å². The second-order valence-corrected chi connectivity index (χ2v) is 11.3. The lowest BCUT2D eigenvalue weighted by Gasteiger charge is -2.27. The van der Waals surface area contributed by atoms with Crippen LogP contribution in [0.15, 0.2) is 52.3 Å². The summed E-state index contributed by atoms with van der Waals surface area (Å²) >= 11 is 1.49. The van der Waals surface area contributed by atoms with E-state index in [2.05, 4.69) is 5.32 Å². The molecule has 2 amide bonds. The van der Waals surface area contributed by atoms with Gasteiger partial charge in [0.25, 0.3) is 0 Å². The largest absolute Gasteiger partial charge is 0.379 e. The van der Waals surface area contributed by atoms with Crippen LogP contribution in [0.25, 0.3) is 0 Å². The van der Waals surface area contributed by atoms with Crippen LogP contribution in [0, 0.1) is 5.92 Å². The third-order valence-corrected chi connectivity index (χ3v) is 9.20. The first-order valence-corrected chi connectivity index (χ1v) is 13.8. The summed E-state index contributed by atoms with van der Waals surface area (Å²) in [5.74, 6) is -0.294. The van der Waals surface area contributed by atoms with Crippen molar-refractivity contribution in [2.45, 2.75) is 30.1 Å². The van der Waals surface area contributed by atoms with Gasteiger partial charge in [0.05, 0.1) is 23.8 Å². The Kier molecular flexibility index (Phi) is 7.61. The van der Waals surface area contributed by atoms with Crippen LogP contribution in [0.2, 0.25) is 0 Å². The molecule has 2 aromatic carbocycles. The predicted octanol–water partition coefficient (Wildman–Crippen LogP) is 2.98. The van der Waals surface area contributed by atoms with Gasteiger partial charge in [-0.3, -0.25) is 9.59 Å². The molecule has 1 fully saturated rings. The second kappa shape index (κ2) is 10.5. The van der Waals surface area contributed by atoms with Crippen molar-refractivity contribution < 1.29 is 22.7 Å². The third kappa shape index (κ3) is 5.14. The summed E-state index contributed by atoms with van der Waals surface area (Å²) < 4.78 is 33.1. The van der Waals surface area contributed by atoms with Crippen LogP contribution >= 0.6 is 11.8 Å². The van der Waals surface area contributed by atoms with Crippen LogP contribution in [0.5, 0.6) is 0 Å². The highest BCUT2D eigenvalue weighted by Crippen LogP contribution is 2.38. The number of fused-ring (bicyclic) bond motifs is 1. The number of anilines is 2. The Morgan fingerprint density at radius 2 is 1.91 bits per heavy atom. The van der Waals surface area contributed by atoms with Gasteiger partial charge in [-0.1, -0.05) is 32.0 Å². The number of benzene rings is 2. The number of rotatable bonds is 6. The number of aryl methyl sites for hydroxylation is 1. The van der Waals surface area contributed by atoms with Crippen LogP contribution in [0.3, 0.4) is 0 Å². The minimum atomic E-state index is -3.74. The zero-order valence-corrected chi connectivity index (χ0v) is 21.0. The Hall–Kier alpha value is -2.40. The topological polar surface area (TPSA) is 96.0 Å². The van der Waals surface area contributed by atoms with Crippen molar-refractivity contribution in [1.82, 2.24) is 4.31 Å². The van der Waals surface area contributed by atoms with E-state index in [-0.39, 0.29) is 42.3 Å². The average molecular weight is 504 g/mol. The Balaban J connectivity index is 1.65. The van der Waals surface area contributed by atoms with E-state index in [1.54, 1.807) is 12.1 Å². The van der Waals surface area contributed by atoms with Crippen molar-refractivity contribution >= 4 is 45.0 Å². The molecule has 2 heterocycles. The molecule has 0 aromatic heterocycles. The number of para-hydroxylation sites is 1. The first kappa shape index (κ1) is 24.7. The maximum absolute atomic E-state index is 13.2. The number of sulfonamides is 1. The first-order valence-electron chi connectivity index (χ1n) is 11.3. The van der Waals surface area contributed by atoms with Crippen LogP contribution < -0.4 is 10.2 Å². The van der Waals surface area contributed by atoms with E-state index < -0.39 is 10.0 Å². The number of amides is 2. The fraction of sp³-hybridized carbons (Fsp3) is 0.417. The van der Waals surface area contributed by atoms with Crippen molar-refractivity contribution in [3.05, 3.63) is 48.0 Å². The van der Waals surface area contributed by atoms with E-state index in [0.717, 1.165) is 16.9 Å². The molecule has 0 unspecified atom stereocenters. The molecule has 8 nitrogen and oxygen atoms in total. The summed E-state index contributed by atoms with van der Waals surface area (Å²) in [5.41, 5.74) is 2.16. The molecule has 1 saturated heterocycles. The standard InChI is InChI=1S/C24H29N3O5S2/c1-3-18-6-4-5-7-20(18)25-23(28)15-27-21-14-19(34(30,31)26-10-12-32-13-11-26)8-9-22(21)33-16-17(2)24(27)29/h4-9,14,17H,3,10-13,15-16H2,1-2H3,(H,25,28)/t17-/m0/s1. The third-order valence-electron chi connectivity index (χ3n) is 5.98. The number of ether oxygens (including phenoxy) is 1. The van der Waals surface area contributed by atoms with E-state index in [1.807, 2.05) is 38.1 Å². The zero-order valence-electron chi connectivity index (χ0n) is 19.3. The first-order chi connectivity index (χ1) is 16.3. The van der Waals surface area contributed by atoms with Gasteiger partial charge >= 0.3 is 0 Å². The average Bonchev–Trinajstić information content (AvgIpc) is 2.96. The Labute approximate surface area is 204 Å². The summed E-state index contributed by atoms with van der Waals surface area (Å²) in [4.78, 5) is 28.5. The zero-order chi connectivity index (χ0) is 24.3. The van der Waals surface area contributed by atoms with Gasteiger partial charge in [0.2, 0.25) is 21.8 Å². The molecule has 182 valence electrons. The molecule has 34 heavy (non-hydrogen) atoms. The lowest BCUT2D eigenvalue weighted by molar-refractivity contribution is -0.123. The Morgan fingerprint density at radius 3 is 2.65 bits per heavy atom. The quantitative estimate of drug-likeness (QED) is 0.651. The molecule has 1 N–H and O–H groups in total. The Morgan fingerprint density at radius 1 is 1.18 bits per heavy atom. The summed E-state index contributed by atoms with van der Waals surface area (Å²) in [5, 5.41) is 2.91. The smallest absolute Gasteiger partial charge is 0.244 e. The maximum atomic E-state index is 13.2. The summed E-state index contributed by atoms with van der Waals surface area (Å²) in [6, 6.07) is 12.4. The second-order valence-electron chi connectivity index (χ2n) is 8.34. The highest BCUT2D eigenvalue weighted by molar-refractivity contribution is 7.99. The number of hydrogen-bond donors (Lipinski definition) is 1. The monoisotopic (exact) mass is 503 g/mol. The van der Waals surface area contributed by atoms with Crippen molar-refractivity contribution in [2.75, 3.05) is 48.8 Å². The fourth-order valence-electron chi connectivity index (χ4n) is 4.04. The van der Waals surface area contributed by atoms with Gasteiger partial charge in [0.1, 0.15) is 6.54 Å². The van der Waals surface area contributed by atoms with Crippen LogP contribution in [0.1, 0.15) is 19.4 Å². The van der Waals surface area contributed by atoms with Gasteiger partial charge in [-0.2, -0.15) is 4.31 Å². The van der Waals surface area contributed by atoms with Gasteiger partial charge in [-0.05, 0) is 36.2 Å². The highest BCUT2D eigenvalue weighted by atomic mass is 32.2. The molecule has 0 saturated carbocycles. The van der Waals surface area contributed by atoms with Crippen molar-refractivity contribution in [1.29, 1.82) is 0 Å². The van der Waals surface area contributed by atoms with E-state index in [1.165, 1.54) is 27.0 Å². The van der Waals surface area contributed by atoms with E-state index >= 15 is 0 Å². The number of nitrogens with one attached hydrogen (secondary N) is 1. The number of carbonyl (C=O) groups excluding carboxylic acids is 2. The molecule has 10 heteroatoms. The SMILES string of the molecule is CCc1ccccc1NC(=O)CN1C(=O)[C@@H](C)CSc2ccc(S(=O)(=O)N3CCOCC3)cc21. The molecule has 0 spiro atoms. The summed E-state index contributed by atoms with van der Waals surface area (Å²) in [6.45, 7) is 4.90. The number of morpholine rings is 1. The molecular formula is C24H29N3O5S2. The van der Waals surface area contributed by atoms with E-state index in [0.29, 0.717) is 30.3 Å². The van der Waals surface area contributed by atoms with E-state index in [4.69, 9.17) is 4.74 Å². The number of carbonyl (C=O) groups is 2. The molecular weight excluding hydrogens is 474 g/mol. The molecule has 2 aromatic rings. The van der Waals surface area contributed by atoms with Gasteiger partial charge < -0.3 is 15.0 Å². The highest BCUT2D eigenvalue weighted by Gasteiger charge is 2.32. The molecule has 4 rings (SSSR count). The van der Waals surface area contributed by atoms with Gasteiger partial charge in [0, 0.05) is 35.3 Å². The lowest BCUT2D eigenvalue weighted by Crippen LogP contribution is -2.42. The number of thioether (sulfide) groups is 1. The molecule has 0 radical (unpaired) electrons. The van der Waals surface area contributed by atoms with Crippen LogP contribution in [-0.4, -0.2) is 63.1 Å². The molecule has 2 aliphatic heterocycles. The molecule has 1 atom stereocenters. The summed E-state index contributed by atoms with van der Waals surface area (Å²) in [7, 11) is -3.74. The van der Waals surface area contributed by atoms with Crippen molar-refractivity contribution in [3.63, 3.8) is 0 Å². The predicted molar refractivity (Wildman–Crippen MR) is 133 cm³/mol. The van der Waals surface area contributed by atoms with Gasteiger partial charge in [0.15, 0.2) is 0 Å². The normalized spacial score (nSPS) is 19.4. The van der Waals surface area contributed by atoms with Crippen molar-refractivity contribution in [3.8, 4) is 0 Å². The molecule has 0 bridgehead atoms. The van der Waals surface area contributed by atoms with Crippen LogP contribution in [-0.2, 0) is 30.8 Å². The summed E-state index contributed by atoms with van der Waals surface area (Å²) in [6.07, 6.45) is 0.762. The van der Waals surface area contributed by atoms with Crippen LogP contribution in [0.4, 0.5) is 11.4 Å².